The molecule has 0 spiro atoms. The van der Waals surface area contributed by atoms with Crippen molar-refractivity contribution in [2.24, 2.45) is 0 Å². The van der Waals surface area contributed by atoms with Gasteiger partial charge in [-0.05, 0) is 36.4 Å². The fourth-order valence-corrected chi connectivity index (χ4v) is 2.71. The lowest BCUT2D eigenvalue weighted by atomic mass is 10.3. The van der Waals surface area contributed by atoms with E-state index in [9.17, 15) is 9.18 Å². The number of nitrogens with zero attached hydrogens (tertiary/aromatic N) is 2. The van der Waals surface area contributed by atoms with Crippen molar-refractivity contribution in [3.05, 3.63) is 75.7 Å². The third kappa shape index (κ3) is 3.43. The zero-order valence-corrected chi connectivity index (χ0v) is 14.0. The predicted molar refractivity (Wildman–Crippen MR) is 90.6 cm³/mol. The molecule has 116 valence electrons. The number of benzene rings is 2. The van der Waals surface area contributed by atoms with E-state index in [1.807, 2.05) is 0 Å². The molecule has 23 heavy (non-hydrogen) atoms. The highest BCUT2D eigenvalue weighted by Crippen LogP contribution is 2.26. The number of rotatable bonds is 3. The molecule has 3 rings (SSSR count). The van der Waals surface area contributed by atoms with Crippen LogP contribution >= 0.6 is 27.5 Å². The fraction of sp³-hybridized carbons (Fsp3) is 0. The smallest absolute Gasteiger partial charge is 0.276 e. The van der Waals surface area contributed by atoms with Crippen LogP contribution < -0.4 is 5.32 Å². The van der Waals surface area contributed by atoms with Gasteiger partial charge in [-0.15, -0.1) is 0 Å². The molecule has 0 fully saturated rings. The summed E-state index contributed by atoms with van der Waals surface area (Å²) in [6, 6.07) is 12.8. The maximum Gasteiger partial charge on any atom is 0.276 e. The Morgan fingerprint density at radius 2 is 2.00 bits per heavy atom. The topological polar surface area (TPSA) is 46.9 Å². The first-order chi connectivity index (χ1) is 11.0. The Bertz CT molecular complexity index is 881. The summed E-state index contributed by atoms with van der Waals surface area (Å²) in [7, 11) is 0. The summed E-state index contributed by atoms with van der Waals surface area (Å²) >= 11 is 9.36. The second kappa shape index (κ2) is 6.52. The van der Waals surface area contributed by atoms with Crippen molar-refractivity contribution >= 4 is 39.1 Å². The summed E-state index contributed by atoms with van der Waals surface area (Å²) in [4.78, 5) is 12.2. The van der Waals surface area contributed by atoms with Gasteiger partial charge in [-0.3, -0.25) is 4.79 Å². The average Bonchev–Trinajstić information content (AvgIpc) is 3.00. The van der Waals surface area contributed by atoms with Gasteiger partial charge in [0, 0.05) is 10.7 Å². The molecule has 0 atom stereocenters. The number of aromatic nitrogens is 2. The number of amides is 1. The average molecular weight is 395 g/mol. The van der Waals surface area contributed by atoms with Crippen LogP contribution in [0.5, 0.6) is 0 Å². The molecule has 7 heteroatoms. The van der Waals surface area contributed by atoms with Gasteiger partial charge in [0.15, 0.2) is 5.69 Å². The summed E-state index contributed by atoms with van der Waals surface area (Å²) in [5.41, 5.74) is 0.903. The van der Waals surface area contributed by atoms with Crippen LogP contribution in [0.2, 0.25) is 5.02 Å². The number of carbonyl (C=O) groups is 1. The first kappa shape index (κ1) is 15.7. The number of carbonyl (C=O) groups excluding carboxylic acids is 1. The third-order valence-electron chi connectivity index (χ3n) is 3.10. The van der Waals surface area contributed by atoms with E-state index in [4.69, 9.17) is 11.6 Å². The minimum Gasteiger partial charge on any atom is -0.319 e. The van der Waals surface area contributed by atoms with Crippen LogP contribution in [0, 0.1) is 5.82 Å². The van der Waals surface area contributed by atoms with Crippen LogP contribution in [0.25, 0.3) is 5.69 Å². The minimum atomic E-state index is -0.427. The van der Waals surface area contributed by atoms with Crippen LogP contribution in [-0.2, 0) is 0 Å². The van der Waals surface area contributed by atoms with E-state index < -0.39 is 11.7 Å². The quantitative estimate of drug-likeness (QED) is 0.701. The number of nitrogens with one attached hydrogen (secondary N) is 1. The van der Waals surface area contributed by atoms with E-state index in [0.717, 1.165) is 4.47 Å². The van der Waals surface area contributed by atoms with E-state index in [2.05, 4.69) is 26.3 Å². The lowest BCUT2D eigenvalue weighted by Crippen LogP contribution is -2.13. The third-order valence-corrected chi connectivity index (χ3v) is 3.91. The molecule has 0 radical (unpaired) electrons. The molecule has 1 amide bonds. The summed E-state index contributed by atoms with van der Waals surface area (Å²) < 4.78 is 15.9. The van der Waals surface area contributed by atoms with Crippen LogP contribution in [0.4, 0.5) is 10.1 Å². The molecule has 0 saturated carbocycles. The van der Waals surface area contributed by atoms with E-state index in [0.29, 0.717) is 10.7 Å². The summed E-state index contributed by atoms with van der Waals surface area (Å²) in [6.45, 7) is 0. The Labute approximate surface area is 145 Å². The van der Waals surface area contributed by atoms with E-state index in [1.54, 1.807) is 36.4 Å². The lowest BCUT2D eigenvalue weighted by molar-refractivity contribution is 0.102. The number of halogens is 3. The van der Waals surface area contributed by atoms with Crippen molar-refractivity contribution in [2.45, 2.75) is 0 Å². The highest BCUT2D eigenvalue weighted by atomic mass is 79.9. The fourth-order valence-electron chi connectivity index (χ4n) is 1.99. The number of hydrogen-bond acceptors (Lipinski definition) is 2. The highest BCUT2D eigenvalue weighted by molar-refractivity contribution is 9.10. The van der Waals surface area contributed by atoms with Crippen molar-refractivity contribution in [1.29, 1.82) is 0 Å². The largest absolute Gasteiger partial charge is 0.319 e. The van der Waals surface area contributed by atoms with Gasteiger partial charge in [-0.25, -0.2) is 9.07 Å². The Balaban J connectivity index is 1.83. The van der Waals surface area contributed by atoms with Crippen molar-refractivity contribution < 1.29 is 9.18 Å². The maximum atomic E-state index is 13.7. The van der Waals surface area contributed by atoms with Crippen molar-refractivity contribution in [2.75, 3.05) is 5.32 Å². The number of anilines is 1. The zero-order chi connectivity index (χ0) is 16.4. The van der Waals surface area contributed by atoms with Crippen LogP contribution in [-0.4, -0.2) is 15.7 Å². The van der Waals surface area contributed by atoms with E-state index in [-0.39, 0.29) is 11.4 Å². The van der Waals surface area contributed by atoms with Crippen LogP contribution in [0.1, 0.15) is 10.5 Å². The highest BCUT2D eigenvalue weighted by Gasteiger charge is 2.13. The van der Waals surface area contributed by atoms with Gasteiger partial charge in [0.2, 0.25) is 0 Å². The molecule has 0 unspecified atom stereocenters. The summed E-state index contributed by atoms with van der Waals surface area (Å²) in [6.07, 6.45) is 1.52. The van der Waals surface area contributed by atoms with Crippen molar-refractivity contribution in [1.82, 2.24) is 9.78 Å². The molecule has 0 saturated heterocycles. The Hall–Kier alpha value is -2.18. The van der Waals surface area contributed by atoms with Gasteiger partial charge in [-0.1, -0.05) is 39.7 Å². The Kier molecular flexibility index (Phi) is 4.45. The maximum absolute atomic E-state index is 13.7. The second-order valence-corrected chi connectivity index (χ2v) is 6.00. The molecular formula is C16H10BrClFN3O. The number of para-hydroxylation sites is 1. The van der Waals surface area contributed by atoms with Gasteiger partial charge in [0.05, 0.1) is 10.7 Å². The predicted octanol–water partition coefficient (Wildman–Crippen LogP) is 4.68. The van der Waals surface area contributed by atoms with Gasteiger partial charge < -0.3 is 5.32 Å². The summed E-state index contributed by atoms with van der Waals surface area (Å²) in [5.74, 6) is -0.845. The molecule has 1 N–H and O–H groups in total. The molecule has 2 aromatic carbocycles. The van der Waals surface area contributed by atoms with Gasteiger partial charge in [0.25, 0.3) is 5.91 Å². The molecule has 0 bridgehead atoms. The van der Waals surface area contributed by atoms with E-state index in [1.165, 1.54) is 23.0 Å². The molecule has 4 nitrogen and oxygen atoms in total. The Morgan fingerprint density at radius 3 is 2.74 bits per heavy atom. The van der Waals surface area contributed by atoms with Crippen molar-refractivity contribution in [3.63, 3.8) is 0 Å². The molecule has 0 aliphatic rings. The van der Waals surface area contributed by atoms with E-state index >= 15 is 0 Å². The molecule has 1 heterocycles. The monoisotopic (exact) mass is 393 g/mol. The van der Waals surface area contributed by atoms with Gasteiger partial charge in [-0.2, -0.15) is 5.10 Å². The van der Waals surface area contributed by atoms with Gasteiger partial charge in [0.1, 0.15) is 11.5 Å². The van der Waals surface area contributed by atoms with Crippen molar-refractivity contribution in [3.8, 4) is 5.69 Å². The molecule has 0 aliphatic heterocycles. The molecule has 0 aliphatic carbocycles. The molecule has 3 aromatic rings. The van der Waals surface area contributed by atoms with Crippen LogP contribution in [0.3, 0.4) is 0 Å². The molecular weight excluding hydrogens is 385 g/mol. The Morgan fingerprint density at radius 1 is 1.22 bits per heavy atom. The second-order valence-electron chi connectivity index (χ2n) is 4.68. The minimum absolute atomic E-state index is 0.159. The molecule has 1 aromatic heterocycles. The zero-order valence-electron chi connectivity index (χ0n) is 11.6. The number of hydrogen-bond donors (Lipinski definition) is 1. The lowest BCUT2D eigenvalue weighted by Gasteiger charge is -2.06. The standard InChI is InChI=1S/C16H10BrClFN3O/c17-10-5-6-13(11(18)9-10)20-16(23)14-7-8-22(21-14)15-4-2-1-3-12(15)19/h1-9H,(H,20,23). The normalized spacial score (nSPS) is 10.6. The van der Waals surface area contributed by atoms with Crippen LogP contribution in [0.15, 0.2) is 59.2 Å². The first-order valence-corrected chi connectivity index (χ1v) is 7.78. The van der Waals surface area contributed by atoms with Gasteiger partial charge >= 0.3 is 0 Å². The SMILES string of the molecule is O=C(Nc1ccc(Br)cc1Cl)c1ccn(-c2ccccc2F)n1. The first-order valence-electron chi connectivity index (χ1n) is 6.61. The summed E-state index contributed by atoms with van der Waals surface area (Å²) in [5, 5.41) is 7.17.